The normalized spacial score (nSPS) is 10.4. The number of halogens is 2. The summed E-state index contributed by atoms with van der Waals surface area (Å²) in [5.74, 6) is 0.716. The maximum Gasteiger partial charge on any atom is 0.387 e. The maximum absolute atomic E-state index is 12.1. The summed E-state index contributed by atoms with van der Waals surface area (Å²) in [5.41, 5.74) is 1.25. The number of nitrogens with zero attached hydrogens (tertiary/aromatic N) is 3. The Kier molecular flexibility index (Phi) is 6.42. The van der Waals surface area contributed by atoms with Crippen molar-refractivity contribution in [2.45, 2.75) is 25.4 Å². The number of fused-ring (bicyclic) bond motifs is 1. The van der Waals surface area contributed by atoms with Crippen LogP contribution < -0.4 is 15.1 Å². The molecule has 24 heavy (non-hydrogen) atoms. The van der Waals surface area contributed by atoms with E-state index in [0.29, 0.717) is 11.4 Å². The summed E-state index contributed by atoms with van der Waals surface area (Å²) >= 11 is 1.29. The molecule has 2 radical (unpaired) electrons. The number of nitrogens with one attached hydrogen (secondary N) is 1. The van der Waals surface area contributed by atoms with E-state index in [9.17, 15) is 8.78 Å². The summed E-state index contributed by atoms with van der Waals surface area (Å²) in [4.78, 5) is 4.97. The van der Waals surface area contributed by atoms with Crippen molar-refractivity contribution in [1.29, 1.82) is 0 Å². The van der Waals surface area contributed by atoms with E-state index in [1.54, 1.807) is 28.8 Å². The highest BCUT2D eigenvalue weighted by atomic mass is 32.2. The average molecular weight is 348 g/mol. The highest BCUT2D eigenvalue weighted by Gasteiger charge is 2.07. The van der Waals surface area contributed by atoms with Crippen molar-refractivity contribution in [3.63, 3.8) is 0 Å². The van der Waals surface area contributed by atoms with Gasteiger partial charge in [-0.1, -0.05) is 13.8 Å². The van der Waals surface area contributed by atoms with Gasteiger partial charge in [0.25, 0.3) is 0 Å². The number of rotatable bonds is 5. The quantitative estimate of drug-likeness (QED) is 0.567. The Morgan fingerprint density at radius 3 is 2.54 bits per heavy atom. The fraction of sp³-hybridized carbons (Fsp3) is 0.200. The Bertz CT molecular complexity index is 783. The van der Waals surface area contributed by atoms with Crippen molar-refractivity contribution in [3.8, 4) is 5.75 Å². The van der Waals surface area contributed by atoms with Gasteiger partial charge in [-0.3, -0.25) is 0 Å². The molecule has 0 atom stereocenters. The lowest BCUT2D eigenvalue weighted by Gasteiger charge is -2.08. The molecular formula is C15H15BF2N4OS. The lowest BCUT2D eigenvalue weighted by molar-refractivity contribution is -0.0498. The van der Waals surface area contributed by atoms with Gasteiger partial charge in [0.1, 0.15) is 25.4 Å². The van der Waals surface area contributed by atoms with Crippen molar-refractivity contribution in [2.75, 3.05) is 4.72 Å². The van der Waals surface area contributed by atoms with Gasteiger partial charge in [-0.15, -0.1) is 0 Å². The molecule has 1 N–H and O–H groups in total. The largest absolute Gasteiger partial charge is 0.435 e. The van der Waals surface area contributed by atoms with E-state index < -0.39 is 6.61 Å². The van der Waals surface area contributed by atoms with Crippen molar-refractivity contribution in [1.82, 2.24) is 14.6 Å². The van der Waals surface area contributed by atoms with E-state index in [1.807, 2.05) is 13.8 Å². The number of aromatic nitrogens is 3. The smallest absolute Gasteiger partial charge is 0.387 e. The fourth-order valence-electron chi connectivity index (χ4n) is 1.83. The first kappa shape index (κ1) is 18.1. The van der Waals surface area contributed by atoms with Crippen molar-refractivity contribution < 1.29 is 13.5 Å². The number of hydrogen-bond acceptors (Lipinski definition) is 5. The predicted molar refractivity (Wildman–Crippen MR) is 92.3 cm³/mol. The molecule has 0 saturated carbocycles. The van der Waals surface area contributed by atoms with Crippen LogP contribution in [0.3, 0.4) is 0 Å². The summed E-state index contributed by atoms with van der Waals surface area (Å²) in [5, 5.41) is 4.04. The number of ether oxygens (including phenoxy) is 1. The molecule has 9 heteroatoms. The molecule has 0 bridgehead atoms. The minimum Gasteiger partial charge on any atom is -0.435 e. The zero-order valence-electron chi connectivity index (χ0n) is 13.1. The number of anilines is 1. The molecule has 2 aromatic heterocycles. The Balaban J connectivity index is 0.00000100. The monoisotopic (exact) mass is 348 g/mol. The predicted octanol–water partition coefficient (Wildman–Crippen LogP) is 3.27. The molecule has 5 nitrogen and oxygen atoms in total. The second-order valence-corrected chi connectivity index (χ2v) is 5.10. The van der Waals surface area contributed by atoms with Gasteiger partial charge >= 0.3 is 6.61 Å². The van der Waals surface area contributed by atoms with Crippen LogP contribution in [0.1, 0.15) is 13.8 Å². The van der Waals surface area contributed by atoms with Gasteiger partial charge in [0, 0.05) is 4.90 Å². The molecule has 0 unspecified atom stereocenters. The SMILES string of the molecule is CC.[B]c1ccc2c(NSc3ccc(OC(F)F)cc3)ncnn12. The van der Waals surface area contributed by atoms with E-state index in [1.165, 1.54) is 30.4 Å². The van der Waals surface area contributed by atoms with Gasteiger partial charge in [0.15, 0.2) is 5.82 Å². The molecule has 2 heterocycles. The van der Waals surface area contributed by atoms with Crippen LogP contribution >= 0.6 is 11.9 Å². The average Bonchev–Trinajstić information content (AvgIpc) is 2.98. The standard InChI is InChI=1S/C13H9BF2N4OS.C2H6/c14-11-6-5-10-12(17-7-18-20(10)11)19-22-9-3-1-8(2-4-9)21-13(15)16;1-2/h1-7,13H,(H,17,18,19);1-2H3. The molecule has 1 aromatic carbocycles. The van der Waals surface area contributed by atoms with Crippen molar-refractivity contribution in [2.24, 2.45) is 0 Å². The van der Waals surface area contributed by atoms with Gasteiger partial charge in [-0.25, -0.2) is 9.50 Å². The molecule has 0 amide bonds. The Hall–Kier alpha value is -2.29. The minimum absolute atomic E-state index is 0.114. The topological polar surface area (TPSA) is 51.5 Å². The minimum atomic E-state index is -2.83. The van der Waals surface area contributed by atoms with E-state index >= 15 is 0 Å². The van der Waals surface area contributed by atoms with E-state index in [2.05, 4.69) is 19.5 Å². The highest BCUT2D eigenvalue weighted by Crippen LogP contribution is 2.24. The third kappa shape index (κ3) is 4.38. The zero-order chi connectivity index (χ0) is 17.5. The second kappa shape index (κ2) is 8.53. The second-order valence-electron chi connectivity index (χ2n) is 4.22. The zero-order valence-corrected chi connectivity index (χ0v) is 13.9. The number of alkyl halides is 2. The Morgan fingerprint density at radius 1 is 1.17 bits per heavy atom. The Labute approximate surface area is 144 Å². The molecule has 0 spiro atoms. The van der Waals surface area contributed by atoms with Crippen LogP contribution in [-0.4, -0.2) is 29.1 Å². The van der Waals surface area contributed by atoms with Gasteiger partial charge in [-0.2, -0.15) is 13.9 Å². The third-order valence-corrected chi connectivity index (χ3v) is 3.60. The van der Waals surface area contributed by atoms with Crippen LogP contribution in [0, 0.1) is 0 Å². The lowest BCUT2D eigenvalue weighted by Crippen LogP contribution is -2.12. The number of hydrogen-bond donors (Lipinski definition) is 1. The van der Waals surface area contributed by atoms with E-state index in [-0.39, 0.29) is 5.75 Å². The van der Waals surface area contributed by atoms with E-state index in [0.717, 1.165) is 10.4 Å². The van der Waals surface area contributed by atoms with Crippen LogP contribution in [0.15, 0.2) is 47.6 Å². The lowest BCUT2D eigenvalue weighted by atomic mass is 10.1. The van der Waals surface area contributed by atoms with E-state index in [4.69, 9.17) is 7.85 Å². The van der Waals surface area contributed by atoms with Crippen LogP contribution in [0.2, 0.25) is 0 Å². The van der Waals surface area contributed by atoms with Gasteiger partial charge in [-0.05, 0) is 53.9 Å². The van der Waals surface area contributed by atoms with Gasteiger partial charge in [0.2, 0.25) is 0 Å². The van der Waals surface area contributed by atoms with Gasteiger partial charge in [0.05, 0.1) is 0 Å². The summed E-state index contributed by atoms with van der Waals surface area (Å²) < 4.78 is 33.1. The number of benzene rings is 1. The van der Waals surface area contributed by atoms with Crippen LogP contribution in [0.5, 0.6) is 5.75 Å². The van der Waals surface area contributed by atoms with Crippen LogP contribution in [0.25, 0.3) is 5.52 Å². The molecule has 0 saturated heterocycles. The summed E-state index contributed by atoms with van der Waals surface area (Å²) in [6, 6.07) is 9.82. The van der Waals surface area contributed by atoms with Crippen molar-refractivity contribution in [3.05, 3.63) is 42.7 Å². The summed E-state index contributed by atoms with van der Waals surface area (Å²) in [6.45, 7) is 1.17. The molecule has 3 rings (SSSR count). The first-order valence-corrected chi connectivity index (χ1v) is 8.01. The van der Waals surface area contributed by atoms with Crippen LogP contribution in [0.4, 0.5) is 14.6 Å². The van der Waals surface area contributed by atoms with Gasteiger partial charge < -0.3 is 9.46 Å². The summed E-state index contributed by atoms with van der Waals surface area (Å²) in [6.07, 6.45) is 1.39. The fourth-order valence-corrected chi connectivity index (χ4v) is 2.47. The van der Waals surface area contributed by atoms with Crippen molar-refractivity contribution >= 4 is 36.7 Å². The molecular weight excluding hydrogens is 333 g/mol. The first-order chi connectivity index (χ1) is 11.6. The third-order valence-electron chi connectivity index (χ3n) is 2.80. The molecule has 124 valence electrons. The first-order valence-electron chi connectivity index (χ1n) is 7.19. The highest BCUT2D eigenvalue weighted by molar-refractivity contribution is 8.00. The molecule has 3 aromatic rings. The maximum atomic E-state index is 12.1. The molecule has 0 aliphatic carbocycles. The van der Waals surface area contributed by atoms with Crippen LogP contribution in [-0.2, 0) is 0 Å². The Morgan fingerprint density at radius 2 is 1.88 bits per heavy atom. The summed E-state index contributed by atoms with van der Waals surface area (Å²) in [7, 11) is 5.77. The molecule has 0 aliphatic rings. The molecule has 0 aliphatic heterocycles. The molecule has 0 fully saturated rings.